The number of hydrogen-bond donors (Lipinski definition) is 2. The number of piperidine rings is 1. The number of amides is 1. The predicted molar refractivity (Wildman–Crippen MR) is 113 cm³/mol. The molecule has 2 aliphatic heterocycles. The van der Waals surface area contributed by atoms with E-state index in [4.69, 9.17) is 0 Å². The van der Waals surface area contributed by atoms with Crippen molar-refractivity contribution < 1.29 is 21.6 Å². The highest BCUT2D eigenvalue weighted by Crippen LogP contribution is 2.25. The van der Waals surface area contributed by atoms with Crippen LogP contribution in [0.15, 0.2) is 34.1 Å². The molecule has 0 aliphatic carbocycles. The Bertz CT molecular complexity index is 955. The van der Waals surface area contributed by atoms with Gasteiger partial charge >= 0.3 is 0 Å². The van der Waals surface area contributed by atoms with E-state index in [0.717, 1.165) is 13.1 Å². The molecule has 2 aliphatic rings. The summed E-state index contributed by atoms with van der Waals surface area (Å²) in [5.41, 5.74) is 0. The van der Waals surface area contributed by atoms with Crippen molar-refractivity contribution >= 4 is 26.0 Å². The summed E-state index contributed by atoms with van der Waals surface area (Å²) < 4.78 is 54.0. The molecule has 168 valence electrons. The van der Waals surface area contributed by atoms with E-state index in [0.29, 0.717) is 32.5 Å². The fourth-order valence-corrected chi connectivity index (χ4v) is 6.71. The molecule has 2 saturated heterocycles. The van der Waals surface area contributed by atoms with Crippen LogP contribution in [0, 0.1) is 5.92 Å². The number of hydrogen-bond acceptors (Lipinski definition) is 6. The molecule has 1 aromatic rings. The van der Waals surface area contributed by atoms with E-state index in [-0.39, 0.29) is 34.2 Å². The summed E-state index contributed by atoms with van der Waals surface area (Å²) >= 11 is 0. The van der Waals surface area contributed by atoms with Gasteiger partial charge in [0.2, 0.25) is 26.0 Å². The third-order valence-corrected chi connectivity index (χ3v) is 9.63. The second-order valence-electron chi connectivity index (χ2n) is 7.63. The van der Waals surface area contributed by atoms with Gasteiger partial charge in [0.15, 0.2) is 0 Å². The molecule has 30 heavy (non-hydrogen) atoms. The molecule has 0 saturated carbocycles. The zero-order chi connectivity index (χ0) is 21.9. The molecule has 1 aromatic carbocycles. The molecular weight excluding hydrogens is 428 g/mol. The van der Waals surface area contributed by atoms with Crippen LogP contribution in [0.25, 0.3) is 0 Å². The van der Waals surface area contributed by atoms with Gasteiger partial charge in [-0.3, -0.25) is 4.79 Å². The second-order valence-corrected chi connectivity index (χ2v) is 11.5. The van der Waals surface area contributed by atoms with Crippen LogP contribution in [-0.4, -0.2) is 76.7 Å². The van der Waals surface area contributed by atoms with Gasteiger partial charge in [-0.05, 0) is 37.1 Å². The Kier molecular flexibility index (Phi) is 7.18. The molecule has 1 atom stereocenters. The van der Waals surface area contributed by atoms with Gasteiger partial charge in [-0.15, -0.1) is 0 Å². The van der Waals surface area contributed by atoms with Crippen molar-refractivity contribution in [2.24, 2.45) is 5.92 Å². The van der Waals surface area contributed by atoms with Gasteiger partial charge in [0.1, 0.15) is 0 Å². The monoisotopic (exact) mass is 458 g/mol. The van der Waals surface area contributed by atoms with E-state index in [1.165, 1.54) is 32.9 Å². The average molecular weight is 459 g/mol. The molecule has 3 rings (SSSR count). The van der Waals surface area contributed by atoms with Crippen LogP contribution in [0.2, 0.25) is 0 Å². The number of carbonyl (C=O) groups excluding carboxylic acids is 1. The molecule has 1 amide bonds. The van der Waals surface area contributed by atoms with Crippen LogP contribution < -0.4 is 10.6 Å². The second kappa shape index (κ2) is 9.31. The fraction of sp³-hybridized carbons (Fsp3) is 0.632. The molecule has 0 radical (unpaired) electrons. The van der Waals surface area contributed by atoms with Crippen LogP contribution in [-0.2, 0) is 24.8 Å². The Balaban J connectivity index is 1.73. The molecule has 2 fully saturated rings. The molecule has 0 bridgehead atoms. The Morgan fingerprint density at radius 3 is 2.23 bits per heavy atom. The summed E-state index contributed by atoms with van der Waals surface area (Å²) in [5.74, 6) is -0.487. The van der Waals surface area contributed by atoms with Gasteiger partial charge in [-0.2, -0.15) is 8.61 Å². The summed E-state index contributed by atoms with van der Waals surface area (Å²) in [6.07, 6.45) is 1.26. The molecular formula is C19H30N4O5S2. The highest BCUT2D eigenvalue weighted by Gasteiger charge is 2.34. The molecule has 2 N–H and O–H groups in total. The molecule has 11 heteroatoms. The van der Waals surface area contributed by atoms with Crippen molar-refractivity contribution in [1.29, 1.82) is 0 Å². The van der Waals surface area contributed by atoms with E-state index >= 15 is 0 Å². The Morgan fingerprint density at radius 1 is 1.10 bits per heavy atom. The maximum absolute atomic E-state index is 13.1. The molecule has 0 aromatic heterocycles. The molecule has 9 nitrogen and oxygen atoms in total. The Labute approximate surface area is 178 Å². The minimum atomic E-state index is -3.81. The van der Waals surface area contributed by atoms with Gasteiger partial charge in [0.05, 0.1) is 21.8 Å². The van der Waals surface area contributed by atoms with Crippen LogP contribution in [0.4, 0.5) is 0 Å². The SMILES string of the molecule is CCN(CC)S(=O)(=O)c1ccc(S(=O)(=O)N2CCC[C@@H](C(=O)NC3CNC3)C2)cc1. The normalized spacial score (nSPS) is 21.4. The highest BCUT2D eigenvalue weighted by molar-refractivity contribution is 7.89. The highest BCUT2D eigenvalue weighted by atomic mass is 32.2. The number of sulfonamides is 2. The summed E-state index contributed by atoms with van der Waals surface area (Å²) in [7, 11) is -7.46. The first-order valence-corrected chi connectivity index (χ1v) is 13.2. The van der Waals surface area contributed by atoms with Crippen molar-refractivity contribution in [1.82, 2.24) is 19.2 Å². The fourth-order valence-electron chi connectivity index (χ4n) is 3.73. The van der Waals surface area contributed by atoms with E-state index in [1.807, 2.05) is 0 Å². The number of rotatable bonds is 8. The lowest BCUT2D eigenvalue weighted by Crippen LogP contribution is -2.59. The Hall–Kier alpha value is -1.53. The van der Waals surface area contributed by atoms with E-state index in [1.54, 1.807) is 13.8 Å². The van der Waals surface area contributed by atoms with Crippen LogP contribution >= 0.6 is 0 Å². The zero-order valence-electron chi connectivity index (χ0n) is 17.4. The topological polar surface area (TPSA) is 116 Å². The summed E-state index contributed by atoms with van der Waals surface area (Å²) in [6.45, 7) is 6.14. The predicted octanol–water partition coefficient (Wildman–Crippen LogP) is 0.206. The van der Waals surface area contributed by atoms with Crippen LogP contribution in [0.5, 0.6) is 0 Å². The van der Waals surface area contributed by atoms with Gasteiger partial charge in [-0.1, -0.05) is 13.8 Å². The van der Waals surface area contributed by atoms with Crippen LogP contribution in [0.3, 0.4) is 0 Å². The van der Waals surface area contributed by atoms with Crippen LogP contribution in [0.1, 0.15) is 26.7 Å². The lowest BCUT2D eigenvalue weighted by atomic mass is 9.98. The third kappa shape index (κ3) is 4.70. The number of carbonyl (C=O) groups is 1. The number of benzene rings is 1. The van der Waals surface area contributed by atoms with Crippen molar-refractivity contribution in [3.63, 3.8) is 0 Å². The minimum absolute atomic E-state index is 0.0326. The smallest absolute Gasteiger partial charge is 0.243 e. The van der Waals surface area contributed by atoms with Crippen molar-refractivity contribution in [3.05, 3.63) is 24.3 Å². The lowest BCUT2D eigenvalue weighted by molar-refractivity contribution is -0.127. The summed E-state index contributed by atoms with van der Waals surface area (Å²) in [5, 5.41) is 6.04. The van der Waals surface area contributed by atoms with Crippen molar-refractivity contribution in [3.8, 4) is 0 Å². The van der Waals surface area contributed by atoms with Gasteiger partial charge in [0.25, 0.3) is 0 Å². The largest absolute Gasteiger partial charge is 0.351 e. The third-order valence-electron chi connectivity index (χ3n) is 5.69. The number of nitrogens with one attached hydrogen (secondary N) is 2. The first kappa shape index (κ1) is 23.1. The molecule has 0 spiro atoms. The summed E-state index contributed by atoms with van der Waals surface area (Å²) in [6, 6.07) is 5.44. The van der Waals surface area contributed by atoms with E-state index in [2.05, 4.69) is 10.6 Å². The Morgan fingerprint density at radius 2 is 1.70 bits per heavy atom. The number of nitrogens with zero attached hydrogens (tertiary/aromatic N) is 2. The standard InChI is InChI=1S/C19H30N4O5S2/c1-3-22(4-2)29(25,26)17-7-9-18(10-8-17)30(27,28)23-11-5-6-15(14-23)19(24)21-16-12-20-13-16/h7-10,15-16,20H,3-6,11-14H2,1-2H3,(H,21,24)/t15-/m1/s1. The first-order chi connectivity index (χ1) is 14.2. The van der Waals surface area contributed by atoms with Gasteiger partial charge < -0.3 is 10.6 Å². The van der Waals surface area contributed by atoms with E-state index < -0.39 is 20.0 Å². The maximum atomic E-state index is 13.1. The lowest BCUT2D eigenvalue weighted by Gasteiger charge is -2.34. The van der Waals surface area contributed by atoms with Crippen molar-refractivity contribution in [2.45, 2.75) is 42.5 Å². The maximum Gasteiger partial charge on any atom is 0.243 e. The van der Waals surface area contributed by atoms with Crippen molar-refractivity contribution in [2.75, 3.05) is 39.3 Å². The van der Waals surface area contributed by atoms with E-state index in [9.17, 15) is 21.6 Å². The molecule has 2 heterocycles. The zero-order valence-corrected chi connectivity index (χ0v) is 19.0. The van der Waals surface area contributed by atoms with Gasteiger partial charge in [-0.25, -0.2) is 16.8 Å². The minimum Gasteiger partial charge on any atom is -0.351 e. The first-order valence-electron chi connectivity index (χ1n) is 10.3. The van der Waals surface area contributed by atoms with Gasteiger partial charge in [0, 0.05) is 39.3 Å². The summed E-state index contributed by atoms with van der Waals surface area (Å²) in [4.78, 5) is 12.6. The average Bonchev–Trinajstić information content (AvgIpc) is 2.71. The molecule has 0 unspecified atom stereocenters. The quantitative estimate of drug-likeness (QED) is 0.575.